The molecule has 1 saturated heterocycles. The quantitative estimate of drug-likeness (QED) is 0.900. The van der Waals surface area contributed by atoms with Crippen molar-refractivity contribution in [3.63, 3.8) is 0 Å². The molecule has 5 nitrogen and oxygen atoms in total. The first-order valence-electron chi connectivity index (χ1n) is 9.53. The second-order valence-electron chi connectivity index (χ2n) is 7.29. The number of morpholine rings is 1. The Morgan fingerprint density at radius 3 is 2.37 bits per heavy atom. The fraction of sp³-hybridized carbons (Fsp3) is 0.409. The first-order chi connectivity index (χ1) is 13.2. The van der Waals surface area contributed by atoms with Crippen molar-refractivity contribution >= 4 is 6.09 Å². The Hall–Kier alpha value is -2.37. The molecule has 0 aromatic heterocycles. The number of ether oxygens (including phenoxy) is 2. The van der Waals surface area contributed by atoms with Crippen LogP contribution < -0.4 is 0 Å². The van der Waals surface area contributed by atoms with Crippen molar-refractivity contribution in [2.24, 2.45) is 0 Å². The van der Waals surface area contributed by atoms with Crippen LogP contribution in [-0.4, -0.2) is 54.6 Å². The van der Waals surface area contributed by atoms with Crippen LogP contribution in [0.25, 0.3) is 11.1 Å². The van der Waals surface area contributed by atoms with E-state index in [0.29, 0.717) is 26.1 Å². The van der Waals surface area contributed by atoms with E-state index in [0.717, 1.165) is 0 Å². The highest BCUT2D eigenvalue weighted by Crippen LogP contribution is 2.44. The van der Waals surface area contributed by atoms with Gasteiger partial charge in [-0.05, 0) is 35.6 Å². The number of carbonyl (C=O) groups excluding carboxylic acids is 1. The van der Waals surface area contributed by atoms with Crippen LogP contribution in [0.15, 0.2) is 48.5 Å². The zero-order chi connectivity index (χ0) is 18.8. The number of carbonyl (C=O) groups is 1. The molecule has 1 fully saturated rings. The topological polar surface area (TPSA) is 59.0 Å². The Kier molecular flexibility index (Phi) is 5.14. The number of aliphatic hydroxyl groups is 1. The number of amides is 1. The van der Waals surface area contributed by atoms with Gasteiger partial charge in [0.2, 0.25) is 0 Å². The van der Waals surface area contributed by atoms with E-state index in [9.17, 15) is 4.79 Å². The molecule has 2 aromatic carbocycles. The maximum absolute atomic E-state index is 12.7. The molecular formula is C22H25NO4. The Balaban J connectivity index is 1.46. The standard InChI is InChI=1S/C22H25NO4/c1-15-12-23(13-16(27-15)10-11-24)22(25)26-14-21-19-8-4-2-6-17(19)18-7-3-5-9-20(18)21/h2-9,15-16,21,24H,10-14H2,1H3. The highest BCUT2D eigenvalue weighted by atomic mass is 16.6. The van der Waals surface area contributed by atoms with Gasteiger partial charge in [-0.2, -0.15) is 0 Å². The molecule has 142 valence electrons. The minimum Gasteiger partial charge on any atom is -0.448 e. The highest BCUT2D eigenvalue weighted by molar-refractivity contribution is 5.79. The molecule has 1 heterocycles. The van der Waals surface area contributed by atoms with Gasteiger partial charge in [-0.25, -0.2) is 4.79 Å². The third kappa shape index (κ3) is 3.57. The predicted octanol–water partition coefficient (Wildman–Crippen LogP) is 3.41. The summed E-state index contributed by atoms with van der Waals surface area (Å²) in [5, 5.41) is 9.15. The van der Waals surface area contributed by atoms with E-state index in [2.05, 4.69) is 24.3 Å². The SMILES string of the molecule is CC1CN(C(=O)OCC2c3ccccc3-c3ccccc32)CC(CCO)O1. The molecule has 0 spiro atoms. The zero-order valence-electron chi connectivity index (χ0n) is 15.5. The van der Waals surface area contributed by atoms with E-state index >= 15 is 0 Å². The molecule has 2 atom stereocenters. The molecule has 1 amide bonds. The summed E-state index contributed by atoms with van der Waals surface area (Å²) in [5.41, 5.74) is 4.86. The summed E-state index contributed by atoms with van der Waals surface area (Å²) < 4.78 is 11.5. The summed E-state index contributed by atoms with van der Waals surface area (Å²) in [5.74, 6) is 0.0630. The largest absolute Gasteiger partial charge is 0.448 e. The van der Waals surface area contributed by atoms with Crippen molar-refractivity contribution in [1.82, 2.24) is 4.90 Å². The minimum atomic E-state index is -0.310. The van der Waals surface area contributed by atoms with Gasteiger partial charge < -0.3 is 19.5 Å². The van der Waals surface area contributed by atoms with Crippen LogP contribution in [0.3, 0.4) is 0 Å². The molecule has 0 saturated carbocycles. The van der Waals surface area contributed by atoms with Crippen molar-refractivity contribution in [1.29, 1.82) is 0 Å². The highest BCUT2D eigenvalue weighted by Gasteiger charge is 2.32. The van der Waals surface area contributed by atoms with Gasteiger partial charge in [-0.3, -0.25) is 0 Å². The molecule has 2 aliphatic rings. The first-order valence-corrected chi connectivity index (χ1v) is 9.53. The second kappa shape index (κ2) is 7.71. The molecule has 1 N–H and O–H groups in total. The van der Waals surface area contributed by atoms with Gasteiger partial charge in [0.05, 0.1) is 25.3 Å². The maximum Gasteiger partial charge on any atom is 0.409 e. The number of hydrogen-bond acceptors (Lipinski definition) is 4. The van der Waals surface area contributed by atoms with Gasteiger partial charge in [-0.15, -0.1) is 0 Å². The molecule has 27 heavy (non-hydrogen) atoms. The molecule has 1 aliphatic carbocycles. The monoisotopic (exact) mass is 367 g/mol. The number of nitrogens with zero attached hydrogens (tertiary/aromatic N) is 1. The number of fused-ring (bicyclic) bond motifs is 3. The van der Waals surface area contributed by atoms with E-state index in [1.807, 2.05) is 31.2 Å². The molecule has 4 rings (SSSR count). The average molecular weight is 367 g/mol. The minimum absolute atomic E-state index is 0.0515. The molecule has 0 bridgehead atoms. The lowest BCUT2D eigenvalue weighted by atomic mass is 9.98. The van der Waals surface area contributed by atoms with Gasteiger partial charge in [0, 0.05) is 12.5 Å². The van der Waals surface area contributed by atoms with Gasteiger partial charge in [0.15, 0.2) is 0 Å². The van der Waals surface area contributed by atoms with E-state index < -0.39 is 0 Å². The normalized spacial score (nSPS) is 21.6. The van der Waals surface area contributed by atoms with Crippen LogP contribution >= 0.6 is 0 Å². The zero-order valence-corrected chi connectivity index (χ0v) is 15.5. The summed E-state index contributed by atoms with van der Waals surface area (Å²) >= 11 is 0. The molecule has 1 aliphatic heterocycles. The second-order valence-corrected chi connectivity index (χ2v) is 7.29. The van der Waals surface area contributed by atoms with Crippen molar-refractivity contribution < 1.29 is 19.4 Å². The van der Waals surface area contributed by atoms with Crippen molar-refractivity contribution in [3.05, 3.63) is 59.7 Å². The van der Waals surface area contributed by atoms with Gasteiger partial charge in [0.1, 0.15) is 6.61 Å². The van der Waals surface area contributed by atoms with Gasteiger partial charge >= 0.3 is 6.09 Å². The van der Waals surface area contributed by atoms with Crippen LogP contribution in [0.1, 0.15) is 30.4 Å². The Bertz CT molecular complexity index is 776. The Morgan fingerprint density at radius 2 is 1.74 bits per heavy atom. The molecular weight excluding hydrogens is 342 g/mol. The Labute approximate surface area is 159 Å². The fourth-order valence-electron chi connectivity index (χ4n) is 4.18. The maximum atomic E-state index is 12.7. The Morgan fingerprint density at radius 1 is 1.11 bits per heavy atom. The summed E-state index contributed by atoms with van der Waals surface area (Å²) in [6.45, 7) is 3.28. The van der Waals surface area contributed by atoms with Crippen LogP contribution in [0.2, 0.25) is 0 Å². The van der Waals surface area contributed by atoms with Crippen LogP contribution in [0, 0.1) is 0 Å². The van der Waals surface area contributed by atoms with Gasteiger partial charge in [0.25, 0.3) is 0 Å². The predicted molar refractivity (Wildman–Crippen MR) is 103 cm³/mol. The molecule has 2 aromatic rings. The third-order valence-electron chi connectivity index (χ3n) is 5.37. The van der Waals surface area contributed by atoms with Crippen molar-refractivity contribution in [2.45, 2.75) is 31.5 Å². The number of aliphatic hydroxyl groups excluding tert-OH is 1. The molecule has 0 radical (unpaired) electrons. The summed E-state index contributed by atoms with van der Waals surface area (Å²) in [6, 6.07) is 16.6. The molecule has 5 heteroatoms. The van der Waals surface area contributed by atoms with Crippen LogP contribution in [0.4, 0.5) is 4.79 Å². The molecule has 2 unspecified atom stereocenters. The van der Waals surface area contributed by atoms with Crippen LogP contribution in [0.5, 0.6) is 0 Å². The van der Waals surface area contributed by atoms with Gasteiger partial charge in [-0.1, -0.05) is 48.5 Å². The lowest BCUT2D eigenvalue weighted by Crippen LogP contribution is -2.49. The summed E-state index contributed by atoms with van der Waals surface area (Å²) in [7, 11) is 0. The van der Waals surface area contributed by atoms with E-state index in [1.54, 1.807) is 4.90 Å². The van der Waals surface area contributed by atoms with E-state index in [1.165, 1.54) is 22.3 Å². The first kappa shape index (κ1) is 18.0. The number of rotatable bonds is 4. The fourth-order valence-corrected chi connectivity index (χ4v) is 4.18. The van der Waals surface area contributed by atoms with Crippen molar-refractivity contribution in [3.8, 4) is 11.1 Å². The summed E-state index contributed by atoms with van der Waals surface area (Å²) in [4.78, 5) is 14.4. The average Bonchev–Trinajstić information content (AvgIpc) is 3.00. The number of benzene rings is 2. The number of hydrogen-bond donors (Lipinski definition) is 1. The summed E-state index contributed by atoms with van der Waals surface area (Å²) in [6.07, 6.45) is 0.0160. The van der Waals surface area contributed by atoms with Crippen LogP contribution in [-0.2, 0) is 9.47 Å². The van der Waals surface area contributed by atoms with E-state index in [-0.39, 0.29) is 30.8 Å². The smallest absolute Gasteiger partial charge is 0.409 e. The lowest BCUT2D eigenvalue weighted by Gasteiger charge is -2.36. The van der Waals surface area contributed by atoms with E-state index in [4.69, 9.17) is 14.6 Å². The van der Waals surface area contributed by atoms with Crippen molar-refractivity contribution in [2.75, 3.05) is 26.3 Å². The third-order valence-corrected chi connectivity index (χ3v) is 5.37. The lowest BCUT2D eigenvalue weighted by molar-refractivity contribution is -0.0791.